The zero-order valence-electron chi connectivity index (χ0n) is 19.1. The number of ether oxygens (including phenoxy) is 1. The first kappa shape index (κ1) is 24.0. The van der Waals surface area contributed by atoms with E-state index in [0.717, 1.165) is 22.1 Å². The SMILES string of the molecule is C=CC(c1ccc2cc(OC)ccc2c1)S(=O)(=O)c1ccc(NC(=O)NCc2cccnc2)cc1. The molecule has 4 rings (SSSR count). The number of fused-ring (bicyclic) bond motifs is 1. The molecule has 2 amide bonds. The molecule has 0 saturated carbocycles. The van der Waals surface area contributed by atoms with Gasteiger partial charge >= 0.3 is 6.03 Å². The van der Waals surface area contributed by atoms with E-state index < -0.39 is 21.1 Å². The van der Waals surface area contributed by atoms with Crippen molar-refractivity contribution < 1.29 is 17.9 Å². The summed E-state index contributed by atoms with van der Waals surface area (Å²) in [5, 5.41) is 6.37. The van der Waals surface area contributed by atoms with E-state index in [1.807, 2.05) is 36.4 Å². The summed E-state index contributed by atoms with van der Waals surface area (Å²) in [5.74, 6) is 0.734. The second-order valence-corrected chi connectivity index (χ2v) is 9.94. The fraction of sp³-hybridized carbons (Fsp3) is 0.111. The Bertz CT molecular complexity index is 1450. The van der Waals surface area contributed by atoms with Crippen LogP contribution in [0, 0.1) is 0 Å². The van der Waals surface area contributed by atoms with Crippen molar-refractivity contribution in [3.05, 3.63) is 109 Å². The normalized spacial score (nSPS) is 12.0. The number of hydrogen-bond acceptors (Lipinski definition) is 5. The third-order valence-corrected chi connectivity index (χ3v) is 7.63. The van der Waals surface area contributed by atoms with Crippen LogP contribution in [0.4, 0.5) is 10.5 Å². The number of aromatic nitrogens is 1. The number of anilines is 1. The Morgan fingerprint density at radius 2 is 1.80 bits per heavy atom. The number of benzene rings is 3. The number of carbonyl (C=O) groups excluding carboxylic acids is 1. The van der Waals surface area contributed by atoms with Gasteiger partial charge in [0.2, 0.25) is 0 Å². The quantitative estimate of drug-likeness (QED) is 0.330. The summed E-state index contributed by atoms with van der Waals surface area (Å²) in [7, 11) is -2.15. The lowest BCUT2D eigenvalue weighted by Crippen LogP contribution is -2.28. The minimum absolute atomic E-state index is 0.138. The number of nitrogens with one attached hydrogen (secondary N) is 2. The Labute approximate surface area is 204 Å². The zero-order valence-corrected chi connectivity index (χ0v) is 20.0. The molecule has 0 aliphatic heterocycles. The molecular weight excluding hydrogens is 462 g/mol. The molecule has 0 aliphatic carbocycles. The number of pyridine rings is 1. The summed E-state index contributed by atoms with van der Waals surface area (Å²) in [6.07, 6.45) is 4.76. The van der Waals surface area contributed by atoms with Crippen LogP contribution in [0.15, 0.2) is 103 Å². The second-order valence-electron chi connectivity index (χ2n) is 7.87. The number of methoxy groups -OCH3 is 1. The number of nitrogens with zero attached hydrogens (tertiary/aromatic N) is 1. The van der Waals surface area contributed by atoms with Gasteiger partial charge in [-0.25, -0.2) is 13.2 Å². The highest BCUT2D eigenvalue weighted by molar-refractivity contribution is 7.91. The second kappa shape index (κ2) is 10.4. The maximum Gasteiger partial charge on any atom is 0.319 e. The van der Waals surface area contributed by atoms with Crippen LogP contribution >= 0.6 is 0 Å². The van der Waals surface area contributed by atoms with Gasteiger partial charge in [-0.05, 0) is 70.4 Å². The summed E-state index contributed by atoms with van der Waals surface area (Å²) >= 11 is 0. The van der Waals surface area contributed by atoms with E-state index in [2.05, 4.69) is 22.2 Å². The standard InChI is InChI=1S/C27H25N3O4S/c1-3-26(22-7-6-21-16-24(34-2)11-8-20(21)15-22)35(32,33)25-12-9-23(10-13-25)30-27(31)29-18-19-5-4-14-28-17-19/h3-17,26H,1,18H2,2H3,(H2,29,30,31). The van der Waals surface area contributed by atoms with Gasteiger partial charge in [0.25, 0.3) is 0 Å². The maximum atomic E-state index is 13.4. The molecule has 1 aromatic heterocycles. The van der Waals surface area contributed by atoms with E-state index in [-0.39, 0.29) is 4.90 Å². The fourth-order valence-corrected chi connectivity index (χ4v) is 5.29. The average Bonchev–Trinajstić information content (AvgIpc) is 2.88. The third-order valence-electron chi connectivity index (χ3n) is 5.56. The number of urea groups is 1. The van der Waals surface area contributed by atoms with Crippen LogP contribution in [0.3, 0.4) is 0 Å². The topological polar surface area (TPSA) is 97.4 Å². The van der Waals surface area contributed by atoms with Crippen LogP contribution in [0.2, 0.25) is 0 Å². The van der Waals surface area contributed by atoms with Crippen LogP contribution < -0.4 is 15.4 Å². The van der Waals surface area contributed by atoms with Gasteiger partial charge in [0.05, 0.1) is 12.0 Å². The van der Waals surface area contributed by atoms with Crippen molar-refractivity contribution in [3.63, 3.8) is 0 Å². The Balaban J connectivity index is 1.48. The summed E-state index contributed by atoms with van der Waals surface area (Å²) in [6, 6.07) is 20.5. The van der Waals surface area contributed by atoms with Crippen molar-refractivity contribution in [1.29, 1.82) is 0 Å². The fourth-order valence-electron chi connectivity index (χ4n) is 3.72. The molecule has 0 aliphatic rings. The highest BCUT2D eigenvalue weighted by atomic mass is 32.2. The molecule has 0 saturated heterocycles. The van der Waals surface area contributed by atoms with Crippen molar-refractivity contribution >= 4 is 32.3 Å². The van der Waals surface area contributed by atoms with Crippen molar-refractivity contribution in [1.82, 2.24) is 10.3 Å². The van der Waals surface area contributed by atoms with Crippen molar-refractivity contribution in [3.8, 4) is 5.75 Å². The first-order valence-corrected chi connectivity index (χ1v) is 12.4. The summed E-state index contributed by atoms with van der Waals surface area (Å²) in [4.78, 5) is 16.3. The molecule has 3 aromatic carbocycles. The Morgan fingerprint density at radius 3 is 2.49 bits per heavy atom. The molecule has 1 atom stereocenters. The summed E-state index contributed by atoms with van der Waals surface area (Å²) < 4.78 is 32.0. The van der Waals surface area contributed by atoms with Gasteiger partial charge in [-0.2, -0.15) is 0 Å². The highest BCUT2D eigenvalue weighted by Gasteiger charge is 2.26. The Morgan fingerprint density at radius 1 is 1.06 bits per heavy atom. The van der Waals surface area contributed by atoms with E-state index in [1.54, 1.807) is 43.8 Å². The number of sulfone groups is 1. The molecule has 35 heavy (non-hydrogen) atoms. The van der Waals surface area contributed by atoms with Crippen LogP contribution in [0.5, 0.6) is 5.75 Å². The largest absolute Gasteiger partial charge is 0.497 e. The van der Waals surface area contributed by atoms with Crippen LogP contribution in [0.25, 0.3) is 10.8 Å². The van der Waals surface area contributed by atoms with Crippen molar-refractivity contribution in [2.24, 2.45) is 0 Å². The first-order chi connectivity index (χ1) is 16.9. The molecule has 2 N–H and O–H groups in total. The molecule has 1 heterocycles. The summed E-state index contributed by atoms with van der Waals surface area (Å²) in [6.45, 7) is 4.10. The number of hydrogen-bond donors (Lipinski definition) is 2. The average molecular weight is 488 g/mol. The van der Waals surface area contributed by atoms with E-state index in [1.165, 1.54) is 18.2 Å². The zero-order chi connectivity index (χ0) is 24.8. The number of carbonyl (C=O) groups is 1. The molecule has 0 bridgehead atoms. The van der Waals surface area contributed by atoms with Gasteiger partial charge in [-0.15, -0.1) is 6.58 Å². The van der Waals surface area contributed by atoms with Gasteiger partial charge in [0, 0.05) is 24.6 Å². The molecule has 4 aromatic rings. The molecule has 0 spiro atoms. The highest BCUT2D eigenvalue weighted by Crippen LogP contribution is 2.33. The third kappa shape index (κ3) is 5.50. The molecule has 0 radical (unpaired) electrons. The predicted molar refractivity (Wildman–Crippen MR) is 137 cm³/mol. The monoisotopic (exact) mass is 487 g/mol. The van der Waals surface area contributed by atoms with E-state index in [9.17, 15) is 13.2 Å². The van der Waals surface area contributed by atoms with E-state index in [4.69, 9.17) is 4.74 Å². The lowest BCUT2D eigenvalue weighted by Gasteiger charge is -2.16. The number of amides is 2. The minimum Gasteiger partial charge on any atom is -0.497 e. The van der Waals surface area contributed by atoms with Gasteiger partial charge in [-0.3, -0.25) is 4.98 Å². The van der Waals surface area contributed by atoms with Crippen LogP contribution in [-0.2, 0) is 16.4 Å². The number of rotatable bonds is 8. The van der Waals surface area contributed by atoms with Crippen LogP contribution in [0.1, 0.15) is 16.4 Å². The Kier molecular flexibility index (Phi) is 7.12. The maximum absolute atomic E-state index is 13.4. The predicted octanol–water partition coefficient (Wildman–Crippen LogP) is 5.27. The van der Waals surface area contributed by atoms with Gasteiger partial charge in [-0.1, -0.05) is 30.3 Å². The summed E-state index contributed by atoms with van der Waals surface area (Å²) in [5.41, 5.74) is 1.96. The molecule has 178 valence electrons. The van der Waals surface area contributed by atoms with Gasteiger partial charge in [0.15, 0.2) is 9.84 Å². The lowest BCUT2D eigenvalue weighted by molar-refractivity contribution is 0.251. The first-order valence-electron chi connectivity index (χ1n) is 10.9. The lowest BCUT2D eigenvalue weighted by atomic mass is 10.0. The Hall–Kier alpha value is -4.17. The van der Waals surface area contributed by atoms with Crippen molar-refractivity contribution in [2.75, 3.05) is 12.4 Å². The molecule has 0 fully saturated rings. The van der Waals surface area contributed by atoms with Gasteiger partial charge < -0.3 is 15.4 Å². The van der Waals surface area contributed by atoms with Crippen molar-refractivity contribution in [2.45, 2.75) is 16.7 Å². The van der Waals surface area contributed by atoms with E-state index >= 15 is 0 Å². The molecule has 1 unspecified atom stereocenters. The smallest absolute Gasteiger partial charge is 0.319 e. The van der Waals surface area contributed by atoms with E-state index in [0.29, 0.717) is 17.8 Å². The molecule has 7 nitrogen and oxygen atoms in total. The molecule has 8 heteroatoms. The van der Waals surface area contributed by atoms with Gasteiger partial charge in [0.1, 0.15) is 11.0 Å². The van der Waals surface area contributed by atoms with Crippen LogP contribution in [-0.4, -0.2) is 26.5 Å². The molecular formula is C27H25N3O4S. The minimum atomic E-state index is -3.76.